The van der Waals surface area contributed by atoms with Crippen LogP contribution in [0.4, 0.5) is 11.4 Å². The Balaban J connectivity index is 1.83. The van der Waals surface area contributed by atoms with Crippen molar-refractivity contribution in [2.45, 2.75) is 26.3 Å². The lowest BCUT2D eigenvalue weighted by Gasteiger charge is -2.13. The number of nitrogens with one attached hydrogen (secondary N) is 2. The number of fused-ring (bicyclic) bond motifs is 1. The second-order valence-corrected chi connectivity index (χ2v) is 6.46. The normalized spacial score (nSPS) is 13.1. The van der Waals surface area contributed by atoms with Gasteiger partial charge in [0.15, 0.2) is 0 Å². The van der Waals surface area contributed by atoms with Gasteiger partial charge in [-0.2, -0.15) is 0 Å². The van der Waals surface area contributed by atoms with Crippen molar-refractivity contribution >= 4 is 33.2 Å². The first kappa shape index (κ1) is 14.2. The van der Waals surface area contributed by atoms with Gasteiger partial charge in [0.25, 0.3) is 5.91 Å². The van der Waals surface area contributed by atoms with Gasteiger partial charge in [-0.05, 0) is 66.0 Å². The van der Waals surface area contributed by atoms with Gasteiger partial charge in [-0.1, -0.05) is 0 Å². The van der Waals surface area contributed by atoms with Crippen LogP contribution in [-0.2, 0) is 6.42 Å². The minimum Gasteiger partial charge on any atom is -0.384 e. The minimum absolute atomic E-state index is 0.0830. The maximum absolute atomic E-state index is 12.5. The Kier molecular flexibility index (Phi) is 3.76. The third kappa shape index (κ3) is 2.83. The van der Waals surface area contributed by atoms with E-state index in [-0.39, 0.29) is 11.9 Å². The summed E-state index contributed by atoms with van der Waals surface area (Å²) in [5, 5.41) is 6.30. The molecule has 0 aliphatic carbocycles. The van der Waals surface area contributed by atoms with Gasteiger partial charge in [-0.15, -0.1) is 0 Å². The zero-order chi connectivity index (χ0) is 15.0. The lowest BCUT2D eigenvalue weighted by atomic mass is 10.1. The molecule has 21 heavy (non-hydrogen) atoms. The molecule has 2 heterocycles. The Morgan fingerprint density at radius 1 is 1.38 bits per heavy atom. The molecule has 0 saturated carbocycles. The van der Waals surface area contributed by atoms with Crippen LogP contribution in [0, 0.1) is 0 Å². The summed E-state index contributed by atoms with van der Waals surface area (Å²) in [5.41, 5.74) is 3.93. The molecule has 0 radical (unpaired) electrons. The number of hydrogen-bond acceptors (Lipinski definition) is 2. The molecule has 0 fully saturated rings. The van der Waals surface area contributed by atoms with E-state index in [1.165, 1.54) is 11.3 Å². The van der Waals surface area contributed by atoms with Crippen LogP contribution in [-0.4, -0.2) is 17.0 Å². The lowest BCUT2D eigenvalue weighted by Crippen LogP contribution is -2.17. The van der Waals surface area contributed by atoms with Crippen molar-refractivity contribution in [2.75, 3.05) is 17.2 Å². The molecule has 3 rings (SSSR count). The number of benzene rings is 1. The van der Waals surface area contributed by atoms with E-state index in [1.807, 2.05) is 35.0 Å². The summed E-state index contributed by atoms with van der Waals surface area (Å²) >= 11 is 3.44. The van der Waals surface area contributed by atoms with Crippen LogP contribution in [0.2, 0.25) is 0 Å². The van der Waals surface area contributed by atoms with E-state index in [1.54, 1.807) is 0 Å². The monoisotopic (exact) mass is 347 g/mol. The Bertz CT molecular complexity index is 691. The van der Waals surface area contributed by atoms with Crippen LogP contribution < -0.4 is 10.6 Å². The molecule has 110 valence electrons. The van der Waals surface area contributed by atoms with E-state index in [4.69, 9.17) is 0 Å². The van der Waals surface area contributed by atoms with E-state index in [0.717, 1.165) is 23.1 Å². The third-order valence-electron chi connectivity index (χ3n) is 3.68. The van der Waals surface area contributed by atoms with Crippen molar-refractivity contribution in [1.82, 2.24) is 4.57 Å². The van der Waals surface area contributed by atoms with E-state index < -0.39 is 0 Å². The molecule has 1 aliphatic rings. The Labute approximate surface area is 132 Å². The van der Waals surface area contributed by atoms with Crippen LogP contribution in [0.25, 0.3) is 0 Å². The molecule has 1 aromatic carbocycles. The smallest absolute Gasteiger partial charge is 0.272 e. The molecule has 1 amide bonds. The van der Waals surface area contributed by atoms with Gasteiger partial charge in [-0.3, -0.25) is 4.79 Å². The van der Waals surface area contributed by atoms with Crippen molar-refractivity contribution in [3.8, 4) is 0 Å². The number of anilines is 2. The average molecular weight is 348 g/mol. The molecule has 2 N–H and O–H groups in total. The number of halogens is 1. The van der Waals surface area contributed by atoms with Crippen molar-refractivity contribution in [3.05, 3.63) is 46.2 Å². The van der Waals surface area contributed by atoms with Gasteiger partial charge in [0.1, 0.15) is 5.69 Å². The topological polar surface area (TPSA) is 46.1 Å². The minimum atomic E-state index is -0.0830. The van der Waals surface area contributed by atoms with Gasteiger partial charge in [-0.25, -0.2) is 0 Å². The van der Waals surface area contributed by atoms with Gasteiger partial charge in [0.2, 0.25) is 0 Å². The fraction of sp³-hybridized carbons (Fsp3) is 0.312. The maximum atomic E-state index is 12.5. The number of aromatic nitrogens is 1. The van der Waals surface area contributed by atoms with Crippen molar-refractivity contribution in [3.63, 3.8) is 0 Å². The standard InChI is InChI=1S/C16H18BrN3O/c1-10(2)20-9-12(17)8-15(20)16(21)19-13-3-4-14-11(7-13)5-6-18-14/h3-4,7-10,18H,5-6H2,1-2H3,(H,19,21). The first-order chi connectivity index (χ1) is 10.0. The molecule has 0 bridgehead atoms. The van der Waals surface area contributed by atoms with E-state index in [9.17, 15) is 4.79 Å². The molecule has 4 nitrogen and oxygen atoms in total. The first-order valence-electron chi connectivity index (χ1n) is 7.10. The van der Waals surface area contributed by atoms with Gasteiger partial charge < -0.3 is 15.2 Å². The molecule has 1 aromatic heterocycles. The number of rotatable bonds is 3. The number of carbonyl (C=O) groups is 1. The third-order valence-corrected chi connectivity index (χ3v) is 4.11. The Hall–Kier alpha value is -1.75. The van der Waals surface area contributed by atoms with Gasteiger partial charge in [0, 0.05) is 34.6 Å². The quantitative estimate of drug-likeness (QED) is 0.879. The Morgan fingerprint density at radius 3 is 2.95 bits per heavy atom. The molecule has 0 spiro atoms. The molecular weight excluding hydrogens is 330 g/mol. The highest BCUT2D eigenvalue weighted by molar-refractivity contribution is 9.10. The zero-order valence-electron chi connectivity index (χ0n) is 12.1. The Morgan fingerprint density at radius 2 is 2.19 bits per heavy atom. The van der Waals surface area contributed by atoms with Crippen LogP contribution in [0.1, 0.15) is 35.9 Å². The van der Waals surface area contributed by atoms with Crippen LogP contribution in [0.15, 0.2) is 34.9 Å². The van der Waals surface area contributed by atoms with E-state index in [2.05, 4.69) is 40.4 Å². The number of hydrogen-bond donors (Lipinski definition) is 2. The summed E-state index contributed by atoms with van der Waals surface area (Å²) in [5.74, 6) is -0.0830. The molecule has 0 saturated heterocycles. The molecule has 0 atom stereocenters. The van der Waals surface area contributed by atoms with E-state index >= 15 is 0 Å². The van der Waals surface area contributed by atoms with Crippen molar-refractivity contribution < 1.29 is 4.79 Å². The summed E-state index contributed by atoms with van der Waals surface area (Å²) in [7, 11) is 0. The largest absolute Gasteiger partial charge is 0.384 e. The number of nitrogens with zero attached hydrogens (tertiary/aromatic N) is 1. The fourth-order valence-electron chi connectivity index (χ4n) is 2.63. The summed E-state index contributed by atoms with van der Waals surface area (Å²) in [6, 6.07) is 8.10. The fourth-order valence-corrected chi connectivity index (χ4v) is 3.07. The molecule has 5 heteroatoms. The highest BCUT2D eigenvalue weighted by Crippen LogP contribution is 2.26. The summed E-state index contributed by atoms with van der Waals surface area (Å²) in [4.78, 5) is 12.5. The van der Waals surface area contributed by atoms with Gasteiger partial charge in [0.05, 0.1) is 0 Å². The van der Waals surface area contributed by atoms with Gasteiger partial charge >= 0.3 is 0 Å². The molecule has 1 aliphatic heterocycles. The summed E-state index contributed by atoms with van der Waals surface area (Å²) in [6.45, 7) is 5.09. The van der Waals surface area contributed by atoms with Crippen LogP contribution >= 0.6 is 15.9 Å². The molecule has 2 aromatic rings. The number of amides is 1. The number of carbonyl (C=O) groups excluding carboxylic acids is 1. The predicted molar refractivity (Wildman–Crippen MR) is 89.1 cm³/mol. The summed E-state index contributed by atoms with van der Waals surface area (Å²) < 4.78 is 2.88. The highest BCUT2D eigenvalue weighted by atomic mass is 79.9. The zero-order valence-corrected chi connectivity index (χ0v) is 13.7. The SMILES string of the molecule is CC(C)n1cc(Br)cc1C(=O)Nc1ccc2c(c1)CCN2. The maximum Gasteiger partial charge on any atom is 0.272 e. The first-order valence-corrected chi connectivity index (χ1v) is 7.89. The predicted octanol–water partition coefficient (Wildman–Crippen LogP) is 4.05. The lowest BCUT2D eigenvalue weighted by molar-refractivity contribution is 0.101. The van der Waals surface area contributed by atoms with E-state index in [0.29, 0.717) is 5.69 Å². The van der Waals surface area contributed by atoms with Crippen LogP contribution in [0.3, 0.4) is 0 Å². The van der Waals surface area contributed by atoms with Crippen molar-refractivity contribution in [2.24, 2.45) is 0 Å². The van der Waals surface area contributed by atoms with Crippen molar-refractivity contribution in [1.29, 1.82) is 0 Å². The van der Waals surface area contributed by atoms with Crippen LogP contribution in [0.5, 0.6) is 0 Å². The average Bonchev–Trinajstić information content (AvgIpc) is 3.04. The second kappa shape index (κ2) is 5.56. The summed E-state index contributed by atoms with van der Waals surface area (Å²) in [6.07, 6.45) is 2.94. The molecular formula is C16H18BrN3O. The highest BCUT2D eigenvalue weighted by Gasteiger charge is 2.16. The second-order valence-electron chi connectivity index (χ2n) is 5.55. The molecule has 0 unspecified atom stereocenters.